The van der Waals surface area contributed by atoms with Gasteiger partial charge < -0.3 is 20.0 Å². The van der Waals surface area contributed by atoms with Crippen LogP contribution in [0.2, 0.25) is 0 Å². The zero-order chi connectivity index (χ0) is 18.4. The number of piperazine rings is 1. The van der Waals surface area contributed by atoms with Crippen molar-refractivity contribution < 1.29 is 0 Å². The van der Waals surface area contributed by atoms with Crippen molar-refractivity contribution >= 4 is 41.6 Å². The van der Waals surface area contributed by atoms with Gasteiger partial charge in [-0.1, -0.05) is 12.1 Å². The molecule has 0 atom stereocenters. The number of aliphatic imine (C=N–C) groups is 1. The molecule has 2 aromatic heterocycles. The predicted molar refractivity (Wildman–Crippen MR) is 122 cm³/mol. The lowest BCUT2D eigenvalue weighted by molar-refractivity contribution is 0.371. The minimum Gasteiger partial charge on any atom is -0.362 e. The van der Waals surface area contributed by atoms with Gasteiger partial charge in [-0.2, -0.15) is 0 Å². The molecule has 0 unspecified atom stereocenters. The number of guanidine groups is 1. The zero-order valence-corrected chi connectivity index (χ0v) is 18.5. The number of hydrogen-bond donors (Lipinski definition) is 1. The Morgan fingerprint density at radius 1 is 1.07 bits per heavy atom. The van der Waals surface area contributed by atoms with Crippen LogP contribution in [-0.2, 0) is 6.54 Å². The molecule has 3 heterocycles. The summed E-state index contributed by atoms with van der Waals surface area (Å²) in [5, 5.41) is 3.48. The van der Waals surface area contributed by atoms with Crippen molar-refractivity contribution in [3.63, 3.8) is 0 Å². The van der Waals surface area contributed by atoms with Gasteiger partial charge >= 0.3 is 0 Å². The molecule has 0 aromatic carbocycles. The summed E-state index contributed by atoms with van der Waals surface area (Å²) in [4.78, 5) is 20.0. The lowest BCUT2D eigenvalue weighted by Crippen LogP contribution is -2.52. The quantitative estimate of drug-likeness (QED) is 0.410. The van der Waals surface area contributed by atoms with Gasteiger partial charge in [-0.25, -0.2) is 9.97 Å². The second-order valence-electron chi connectivity index (χ2n) is 6.44. The van der Waals surface area contributed by atoms with Crippen molar-refractivity contribution in [3.8, 4) is 0 Å². The summed E-state index contributed by atoms with van der Waals surface area (Å²) < 4.78 is 0. The molecule has 0 radical (unpaired) electrons. The molecule has 0 aliphatic carbocycles. The van der Waals surface area contributed by atoms with E-state index in [4.69, 9.17) is 0 Å². The van der Waals surface area contributed by atoms with Gasteiger partial charge in [0.2, 0.25) is 0 Å². The summed E-state index contributed by atoms with van der Waals surface area (Å²) in [6.45, 7) is 4.42. The number of rotatable bonds is 4. The highest BCUT2D eigenvalue weighted by atomic mass is 127. The van der Waals surface area contributed by atoms with Gasteiger partial charge in [0.25, 0.3) is 0 Å². The van der Waals surface area contributed by atoms with E-state index in [-0.39, 0.29) is 24.0 Å². The molecule has 27 heavy (non-hydrogen) atoms. The lowest BCUT2D eigenvalue weighted by atomic mass is 10.2. The first kappa shape index (κ1) is 21.2. The molecule has 0 spiro atoms. The van der Waals surface area contributed by atoms with E-state index < -0.39 is 0 Å². The Hall–Kier alpha value is -2.10. The average Bonchev–Trinajstić information content (AvgIpc) is 2.70. The van der Waals surface area contributed by atoms with Crippen LogP contribution in [0.1, 0.15) is 5.56 Å². The minimum absolute atomic E-state index is 0. The van der Waals surface area contributed by atoms with Crippen LogP contribution >= 0.6 is 24.0 Å². The number of hydrogen-bond acceptors (Lipinski definition) is 5. The topological polar surface area (TPSA) is 59.9 Å². The molecule has 1 aliphatic rings. The largest absolute Gasteiger partial charge is 0.362 e. The molecule has 1 saturated heterocycles. The first-order valence-electron chi connectivity index (χ1n) is 8.92. The maximum absolute atomic E-state index is 4.46. The standard InChI is InChI=1S/C19H27N7.HI/c1-20-19(23-15-16-7-6-10-22-18(16)24(2)3)26-13-11-25(12-14-26)17-8-4-5-9-21-17;/h4-10H,11-15H2,1-3H3,(H,20,23);1H. The summed E-state index contributed by atoms with van der Waals surface area (Å²) in [6.07, 6.45) is 3.67. The van der Waals surface area contributed by atoms with Gasteiger partial charge in [0, 0.05) is 71.8 Å². The number of nitrogens with zero attached hydrogens (tertiary/aromatic N) is 6. The fourth-order valence-corrected chi connectivity index (χ4v) is 3.17. The lowest BCUT2D eigenvalue weighted by Gasteiger charge is -2.37. The van der Waals surface area contributed by atoms with E-state index >= 15 is 0 Å². The molecule has 1 fully saturated rings. The molecule has 3 rings (SSSR count). The van der Waals surface area contributed by atoms with Crippen LogP contribution in [0, 0.1) is 0 Å². The van der Waals surface area contributed by atoms with Crippen LogP contribution in [-0.4, -0.2) is 68.1 Å². The van der Waals surface area contributed by atoms with E-state index in [2.05, 4.69) is 42.2 Å². The van der Waals surface area contributed by atoms with E-state index in [1.165, 1.54) is 0 Å². The molecule has 2 aromatic rings. The van der Waals surface area contributed by atoms with E-state index in [9.17, 15) is 0 Å². The predicted octanol–water partition coefficient (Wildman–Crippen LogP) is 2.06. The average molecular weight is 481 g/mol. The van der Waals surface area contributed by atoms with Crippen molar-refractivity contribution in [3.05, 3.63) is 48.3 Å². The number of pyridine rings is 2. The van der Waals surface area contributed by atoms with E-state index in [1.807, 2.05) is 56.6 Å². The monoisotopic (exact) mass is 481 g/mol. The number of anilines is 2. The SMILES string of the molecule is CN=C(NCc1cccnc1N(C)C)N1CCN(c2ccccn2)CC1.I. The van der Waals surface area contributed by atoms with Crippen molar-refractivity contribution in [1.82, 2.24) is 20.2 Å². The Balaban J connectivity index is 0.00000261. The van der Waals surface area contributed by atoms with Gasteiger partial charge in [0.05, 0.1) is 0 Å². The molecule has 1 N–H and O–H groups in total. The zero-order valence-electron chi connectivity index (χ0n) is 16.2. The third kappa shape index (κ3) is 5.44. The highest BCUT2D eigenvalue weighted by molar-refractivity contribution is 14.0. The fraction of sp³-hybridized carbons (Fsp3) is 0.421. The van der Waals surface area contributed by atoms with E-state index in [0.29, 0.717) is 6.54 Å². The summed E-state index contributed by atoms with van der Waals surface area (Å²) in [7, 11) is 5.86. The molecule has 1 aliphatic heterocycles. The smallest absolute Gasteiger partial charge is 0.194 e. The second kappa shape index (κ2) is 10.3. The first-order chi connectivity index (χ1) is 12.7. The summed E-state index contributed by atoms with van der Waals surface area (Å²) in [6, 6.07) is 10.1. The Morgan fingerprint density at radius 2 is 1.81 bits per heavy atom. The highest BCUT2D eigenvalue weighted by Crippen LogP contribution is 2.15. The molecule has 0 amide bonds. The molecule has 8 heteroatoms. The van der Waals surface area contributed by atoms with Crippen molar-refractivity contribution in [1.29, 1.82) is 0 Å². The molecule has 0 bridgehead atoms. The van der Waals surface area contributed by atoms with Crippen LogP contribution in [0.15, 0.2) is 47.7 Å². The third-order valence-electron chi connectivity index (χ3n) is 4.49. The first-order valence-corrected chi connectivity index (χ1v) is 8.92. The van der Waals surface area contributed by atoms with E-state index in [1.54, 1.807) is 0 Å². The normalized spacial score (nSPS) is 14.6. The maximum Gasteiger partial charge on any atom is 0.194 e. The molecular weight excluding hydrogens is 453 g/mol. The van der Waals surface area contributed by atoms with Crippen molar-refractivity contribution in [2.24, 2.45) is 4.99 Å². The van der Waals surface area contributed by atoms with Gasteiger partial charge in [-0.3, -0.25) is 4.99 Å². The number of halogens is 1. The van der Waals surface area contributed by atoms with Gasteiger partial charge in [-0.05, 0) is 18.2 Å². The van der Waals surface area contributed by atoms with Crippen molar-refractivity contribution in [2.45, 2.75) is 6.54 Å². The van der Waals surface area contributed by atoms with Crippen LogP contribution in [0.5, 0.6) is 0 Å². The van der Waals surface area contributed by atoms with Crippen LogP contribution in [0.4, 0.5) is 11.6 Å². The maximum atomic E-state index is 4.46. The third-order valence-corrected chi connectivity index (χ3v) is 4.49. The Bertz CT molecular complexity index is 728. The van der Waals surface area contributed by atoms with Crippen LogP contribution < -0.4 is 15.1 Å². The van der Waals surface area contributed by atoms with Gasteiger partial charge in [0.15, 0.2) is 5.96 Å². The Kier molecular flexibility index (Phi) is 8.08. The van der Waals surface area contributed by atoms with Crippen LogP contribution in [0.25, 0.3) is 0 Å². The van der Waals surface area contributed by atoms with Gasteiger partial charge in [-0.15, -0.1) is 24.0 Å². The summed E-state index contributed by atoms with van der Waals surface area (Å²) in [5.74, 6) is 2.95. The molecule has 0 saturated carbocycles. The number of aromatic nitrogens is 2. The Morgan fingerprint density at radius 3 is 2.44 bits per heavy atom. The summed E-state index contributed by atoms with van der Waals surface area (Å²) >= 11 is 0. The summed E-state index contributed by atoms with van der Waals surface area (Å²) in [5.41, 5.74) is 1.16. The number of nitrogens with one attached hydrogen (secondary N) is 1. The minimum atomic E-state index is 0. The highest BCUT2D eigenvalue weighted by Gasteiger charge is 2.20. The molecular formula is C19H28IN7. The van der Waals surface area contributed by atoms with Gasteiger partial charge in [0.1, 0.15) is 11.6 Å². The van der Waals surface area contributed by atoms with E-state index in [0.717, 1.165) is 49.3 Å². The molecule has 146 valence electrons. The van der Waals surface area contributed by atoms with Crippen LogP contribution in [0.3, 0.4) is 0 Å². The van der Waals surface area contributed by atoms with Crippen molar-refractivity contribution in [2.75, 3.05) is 57.1 Å². The Labute approximate surface area is 178 Å². The fourth-order valence-electron chi connectivity index (χ4n) is 3.17. The second-order valence-corrected chi connectivity index (χ2v) is 6.44. The molecule has 7 nitrogen and oxygen atoms in total.